The van der Waals surface area contributed by atoms with E-state index in [9.17, 15) is 19.1 Å². The summed E-state index contributed by atoms with van der Waals surface area (Å²) in [5, 5.41) is 9.92. The third kappa shape index (κ3) is 2.76. The number of likely N-dealkylation sites (tertiary alicyclic amines) is 1. The van der Waals surface area contributed by atoms with E-state index in [0.29, 0.717) is 30.3 Å². The molecule has 0 radical (unpaired) electrons. The van der Waals surface area contributed by atoms with Crippen LogP contribution in [0, 0.1) is 11.2 Å². The fourth-order valence-corrected chi connectivity index (χ4v) is 3.08. The molecule has 23 heavy (non-hydrogen) atoms. The van der Waals surface area contributed by atoms with Crippen LogP contribution in [0.1, 0.15) is 30.1 Å². The minimum absolute atomic E-state index is 0.117. The summed E-state index contributed by atoms with van der Waals surface area (Å²) in [6.07, 6.45) is 2.68. The van der Waals surface area contributed by atoms with Crippen molar-refractivity contribution in [3.63, 3.8) is 0 Å². The molecule has 1 atom stereocenters. The molecule has 1 amide bonds. The van der Waals surface area contributed by atoms with Crippen LogP contribution in [0.3, 0.4) is 0 Å². The first-order valence-corrected chi connectivity index (χ1v) is 7.48. The molecule has 5 nitrogen and oxygen atoms in total. The molecular weight excluding hydrogens is 299 g/mol. The summed E-state index contributed by atoms with van der Waals surface area (Å²) in [5.41, 5.74) is -0.360. The number of aliphatic carboxylic acids is 1. The van der Waals surface area contributed by atoms with Gasteiger partial charge in [-0.25, -0.2) is 4.39 Å². The van der Waals surface area contributed by atoms with Gasteiger partial charge in [0, 0.05) is 24.7 Å². The maximum absolute atomic E-state index is 13.8. The monoisotopic (exact) mass is 316 g/mol. The van der Waals surface area contributed by atoms with Crippen molar-refractivity contribution in [2.45, 2.75) is 19.8 Å². The number of benzene rings is 1. The Kier molecular flexibility index (Phi) is 3.75. The van der Waals surface area contributed by atoms with Crippen molar-refractivity contribution >= 4 is 22.8 Å². The van der Waals surface area contributed by atoms with Crippen LogP contribution < -0.4 is 0 Å². The van der Waals surface area contributed by atoms with Crippen molar-refractivity contribution in [3.8, 4) is 0 Å². The average Bonchev–Trinajstić information content (AvgIpc) is 2.53. The normalized spacial score (nSPS) is 21.4. The second-order valence-electron chi connectivity index (χ2n) is 6.22. The van der Waals surface area contributed by atoms with E-state index >= 15 is 0 Å². The van der Waals surface area contributed by atoms with Gasteiger partial charge in [0.25, 0.3) is 5.91 Å². The van der Waals surface area contributed by atoms with E-state index < -0.39 is 17.2 Å². The van der Waals surface area contributed by atoms with E-state index in [4.69, 9.17) is 0 Å². The number of amides is 1. The molecule has 0 saturated carbocycles. The van der Waals surface area contributed by atoms with Crippen LogP contribution in [-0.4, -0.2) is 40.0 Å². The van der Waals surface area contributed by atoms with Gasteiger partial charge in [-0.1, -0.05) is 6.07 Å². The number of piperidine rings is 1. The van der Waals surface area contributed by atoms with Crippen LogP contribution in [0.15, 0.2) is 30.5 Å². The van der Waals surface area contributed by atoms with Gasteiger partial charge >= 0.3 is 5.97 Å². The van der Waals surface area contributed by atoms with E-state index in [1.54, 1.807) is 25.3 Å². The molecule has 1 aliphatic rings. The van der Waals surface area contributed by atoms with Crippen molar-refractivity contribution in [1.29, 1.82) is 0 Å². The van der Waals surface area contributed by atoms with Crippen molar-refractivity contribution < 1.29 is 19.1 Å². The Morgan fingerprint density at radius 3 is 2.91 bits per heavy atom. The third-order valence-corrected chi connectivity index (χ3v) is 4.40. The SMILES string of the molecule is CC1(C(=O)O)CCCN(C(=O)c2cc(F)cc3cccnc23)C1. The van der Waals surface area contributed by atoms with E-state index in [0.717, 1.165) is 0 Å². The Hall–Kier alpha value is -2.50. The summed E-state index contributed by atoms with van der Waals surface area (Å²) in [6, 6.07) is 5.87. The number of carbonyl (C=O) groups is 2. The first-order valence-electron chi connectivity index (χ1n) is 7.48. The number of hydrogen-bond donors (Lipinski definition) is 1. The first kappa shape index (κ1) is 15.4. The van der Waals surface area contributed by atoms with E-state index in [-0.39, 0.29) is 18.0 Å². The fraction of sp³-hybridized carbons (Fsp3) is 0.353. The van der Waals surface area contributed by atoms with E-state index in [2.05, 4.69) is 4.98 Å². The summed E-state index contributed by atoms with van der Waals surface area (Å²) >= 11 is 0. The quantitative estimate of drug-likeness (QED) is 0.925. The molecule has 1 unspecified atom stereocenters. The predicted molar refractivity (Wildman–Crippen MR) is 82.6 cm³/mol. The second-order valence-corrected chi connectivity index (χ2v) is 6.22. The largest absolute Gasteiger partial charge is 0.481 e. The van der Waals surface area contributed by atoms with Crippen molar-refractivity contribution in [2.75, 3.05) is 13.1 Å². The van der Waals surface area contributed by atoms with Gasteiger partial charge in [-0.05, 0) is 38.0 Å². The number of hydrogen-bond acceptors (Lipinski definition) is 3. The Bertz CT molecular complexity index is 793. The van der Waals surface area contributed by atoms with E-state index in [1.807, 2.05) is 0 Å². The molecule has 1 aromatic carbocycles. The molecular formula is C17H17FN2O3. The zero-order valence-electron chi connectivity index (χ0n) is 12.8. The summed E-state index contributed by atoms with van der Waals surface area (Å²) < 4.78 is 13.8. The minimum Gasteiger partial charge on any atom is -0.481 e. The van der Waals surface area contributed by atoms with Crippen LogP contribution in [0.5, 0.6) is 0 Å². The van der Waals surface area contributed by atoms with Crippen LogP contribution >= 0.6 is 0 Å². The molecule has 1 aliphatic heterocycles. The molecule has 3 rings (SSSR count). The van der Waals surface area contributed by atoms with Crippen LogP contribution in [0.4, 0.5) is 4.39 Å². The van der Waals surface area contributed by atoms with Gasteiger partial charge in [0.1, 0.15) is 5.82 Å². The van der Waals surface area contributed by atoms with Crippen LogP contribution in [0.2, 0.25) is 0 Å². The number of nitrogens with zero attached hydrogens (tertiary/aromatic N) is 2. The van der Waals surface area contributed by atoms with Gasteiger partial charge in [0.2, 0.25) is 0 Å². The van der Waals surface area contributed by atoms with Gasteiger partial charge in [-0.3, -0.25) is 14.6 Å². The van der Waals surface area contributed by atoms with Crippen molar-refractivity contribution in [2.24, 2.45) is 5.41 Å². The molecule has 1 aromatic heterocycles. The highest BCUT2D eigenvalue weighted by Crippen LogP contribution is 2.31. The topological polar surface area (TPSA) is 70.5 Å². The Labute approximate surface area is 132 Å². The number of carbonyl (C=O) groups excluding carboxylic acids is 1. The molecule has 0 aliphatic carbocycles. The molecule has 1 N–H and O–H groups in total. The number of fused-ring (bicyclic) bond motifs is 1. The molecule has 1 fully saturated rings. The number of carboxylic acids is 1. The molecule has 2 aromatic rings. The molecule has 0 bridgehead atoms. The summed E-state index contributed by atoms with van der Waals surface area (Å²) in [6.45, 7) is 2.22. The summed E-state index contributed by atoms with van der Waals surface area (Å²) in [7, 11) is 0. The maximum atomic E-state index is 13.8. The first-order chi connectivity index (χ1) is 10.9. The zero-order valence-corrected chi connectivity index (χ0v) is 12.8. The Morgan fingerprint density at radius 1 is 1.39 bits per heavy atom. The van der Waals surface area contributed by atoms with Crippen molar-refractivity contribution in [1.82, 2.24) is 9.88 Å². The molecule has 120 valence electrons. The lowest BCUT2D eigenvalue weighted by molar-refractivity contribution is -0.150. The number of aromatic nitrogens is 1. The second kappa shape index (κ2) is 5.61. The molecule has 0 spiro atoms. The Balaban J connectivity index is 1.99. The lowest BCUT2D eigenvalue weighted by Gasteiger charge is -2.37. The molecule has 1 saturated heterocycles. The number of carboxylic acid groups (broad SMARTS) is 1. The lowest BCUT2D eigenvalue weighted by Crippen LogP contribution is -2.48. The number of halogens is 1. The molecule has 6 heteroatoms. The third-order valence-electron chi connectivity index (χ3n) is 4.40. The number of pyridine rings is 1. The van der Waals surface area contributed by atoms with Gasteiger partial charge in [-0.15, -0.1) is 0 Å². The summed E-state index contributed by atoms with van der Waals surface area (Å²) in [5.74, 6) is -1.80. The highest BCUT2D eigenvalue weighted by Gasteiger charge is 2.39. The zero-order chi connectivity index (χ0) is 16.6. The maximum Gasteiger partial charge on any atom is 0.311 e. The van der Waals surface area contributed by atoms with Gasteiger partial charge in [0.05, 0.1) is 16.5 Å². The highest BCUT2D eigenvalue weighted by atomic mass is 19.1. The lowest BCUT2D eigenvalue weighted by atomic mass is 9.82. The van der Waals surface area contributed by atoms with Crippen LogP contribution in [0.25, 0.3) is 10.9 Å². The minimum atomic E-state index is -0.968. The van der Waals surface area contributed by atoms with Crippen LogP contribution in [-0.2, 0) is 4.79 Å². The van der Waals surface area contributed by atoms with Gasteiger partial charge in [-0.2, -0.15) is 0 Å². The van der Waals surface area contributed by atoms with Gasteiger partial charge < -0.3 is 10.0 Å². The Morgan fingerprint density at radius 2 is 2.17 bits per heavy atom. The smallest absolute Gasteiger partial charge is 0.311 e. The summed E-state index contributed by atoms with van der Waals surface area (Å²) in [4.78, 5) is 29.9. The highest BCUT2D eigenvalue weighted by molar-refractivity contribution is 6.05. The average molecular weight is 316 g/mol. The predicted octanol–water partition coefficient (Wildman–Crippen LogP) is 2.70. The van der Waals surface area contributed by atoms with Crippen molar-refractivity contribution in [3.05, 3.63) is 41.8 Å². The fourth-order valence-electron chi connectivity index (χ4n) is 3.08. The number of rotatable bonds is 2. The van der Waals surface area contributed by atoms with E-state index in [1.165, 1.54) is 17.0 Å². The van der Waals surface area contributed by atoms with Gasteiger partial charge in [0.15, 0.2) is 0 Å². The standard InChI is InChI=1S/C17H17FN2O3/c1-17(16(22)23)5-3-7-20(10-17)15(21)13-9-12(18)8-11-4-2-6-19-14(11)13/h2,4,6,8-9H,3,5,7,10H2,1H3,(H,22,23). The molecule has 2 heterocycles.